The van der Waals surface area contributed by atoms with Crippen LogP contribution in [0, 0.1) is 11.3 Å². The van der Waals surface area contributed by atoms with Crippen LogP contribution in [0.4, 0.5) is 0 Å². The lowest BCUT2D eigenvalue weighted by molar-refractivity contribution is -0.144. The minimum Gasteiger partial charge on any atom is -0.486 e. The molecule has 0 aromatic heterocycles. The van der Waals surface area contributed by atoms with Crippen LogP contribution in [0.3, 0.4) is 0 Å². The average Bonchev–Trinajstić information content (AvgIpc) is 2.86. The molecule has 0 saturated carbocycles. The van der Waals surface area contributed by atoms with Gasteiger partial charge in [-0.1, -0.05) is 42.5 Å². The number of hydrogen-bond donors (Lipinski definition) is 0. The molecule has 0 unspecified atom stereocenters. The zero-order valence-corrected chi connectivity index (χ0v) is 17.4. The SMILES string of the molecule is N#Cc1ccccc1-c1ccc(COC(=O)CCC(=O)c2ccc3c(c2)OCCO3)cc1. The number of nitrogens with zero attached hydrogens (tertiary/aromatic N) is 1. The molecule has 0 fully saturated rings. The van der Waals surface area contributed by atoms with Gasteiger partial charge in [0.25, 0.3) is 0 Å². The Kier molecular flexibility index (Phi) is 6.47. The lowest BCUT2D eigenvalue weighted by atomic mass is 9.99. The summed E-state index contributed by atoms with van der Waals surface area (Å²) in [6.07, 6.45) is 0.0588. The fourth-order valence-corrected chi connectivity index (χ4v) is 3.43. The van der Waals surface area contributed by atoms with Crippen molar-refractivity contribution in [1.29, 1.82) is 5.26 Å². The van der Waals surface area contributed by atoms with E-state index in [1.54, 1.807) is 24.3 Å². The van der Waals surface area contributed by atoms with Crippen molar-refractivity contribution in [2.45, 2.75) is 19.4 Å². The smallest absolute Gasteiger partial charge is 0.306 e. The fraction of sp³-hybridized carbons (Fsp3) is 0.192. The van der Waals surface area contributed by atoms with Gasteiger partial charge < -0.3 is 14.2 Å². The summed E-state index contributed by atoms with van der Waals surface area (Å²) in [5.74, 6) is 0.578. The van der Waals surface area contributed by atoms with Crippen LogP contribution in [0.1, 0.15) is 34.3 Å². The molecular formula is C26H21NO5. The normalized spacial score (nSPS) is 12.0. The van der Waals surface area contributed by atoms with Crippen LogP contribution in [-0.4, -0.2) is 25.0 Å². The summed E-state index contributed by atoms with van der Waals surface area (Å²) in [6.45, 7) is 1.06. The standard InChI is InChI=1S/C26H21NO5/c27-16-21-3-1-2-4-22(21)19-7-5-18(6-8-19)17-32-26(29)12-10-23(28)20-9-11-24-25(15-20)31-14-13-30-24/h1-9,11,15H,10,12-14,17H2. The Hall–Kier alpha value is -4.11. The van der Waals surface area contributed by atoms with E-state index >= 15 is 0 Å². The van der Waals surface area contributed by atoms with Crippen molar-refractivity contribution in [3.05, 3.63) is 83.4 Å². The van der Waals surface area contributed by atoms with Gasteiger partial charge in [0.15, 0.2) is 17.3 Å². The summed E-state index contributed by atoms with van der Waals surface area (Å²) in [5, 5.41) is 9.25. The van der Waals surface area contributed by atoms with E-state index in [1.807, 2.05) is 42.5 Å². The van der Waals surface area contributed by atoms with E-state index in [-0.39, 0.29) is 25.2 Å². The quantitative estimate of drug-likeness (QED) is 0.401. The highest BCUT2D eigenvalue weighted by Crippen LogP contribution is 2.31. The van der Waals surface area contributed by atoms with Gasteiger partial charge in [-0.2, -0.15) is 5.26 Å². The molecule has 6 nitrogen and oxygen atoms in total. The molecule has 4 rings (SSSR count). The third kappa shape index (κ3) is 4.96. The Labute approximate surface area is 186 Å². The van der Waals surface area contributed by atoms with Crippen molar-refractivity contribution in [3.63, 3.8) is 0 Å². The van der Waals surface area contributed by atoms with Crippen LogP contribution < -0.4 is 9.47 Å². The number of benzene rings is 3. The van der Waals surface area contributed by atoms with E-state index in [0.29, 0.717) is 35.8 Å². The number of hydrogen-bond acceptors (Lipinski definition) is 6. The molecule has 3 aromatic rings. The summed E-state index contributed by atoms with van der Waals surface area (Å²) in [6, 6.07) is 22.1. The molecule has 0 saturated heterocycles. The topological polar surface area (TPSA) is 85.6 Å². The van der Waals surface area contributed by atoms with Crippen molar-refractivity contribution in [2.75, 3.05) is 13.2 Å². The first kappa shape index (κ1) is 21.1. The van der Waals surface area contributed by atoms with E-state index in [2.05, 4.69) is 6.07 Å². The molecule has 6 heteroatoms. The second-order valence-corrected chi connectivity index (χ2v) is 7.30. The second-order valence-electron chi connectivity index (χ2n) is 7.30. The summed E-state index contributed by atoms with van der Waals surface area (Å²) in [5.41, 5.74) is 3.69. The Morgan fingerprint density at radius 1 is 0.906 bits per heavy atom. The highest BCUT2D eigenvalue weighted by molar-refractivity contribution is 5.98. The van der Waals surface area contributed by atoms with Gasteiger partial charge in [0, 0.05) is 12.0 Å². The number of fused-ring (bicyclic) bond motifs is 1. The van der Waals surface area contributed by atoms with E-state index in [9.17, 15) is 14.9 Å². The van der Waals surface area contributed by atoms with Crippen molar-refractivity contribution >= 4 is 11.8 Å². The number of ketones is 1. The number of carbonyl (C=O) groups excluding carboxylic acids is 2. The first-order valence-corrected chi connectivity index (χ1v) is 10.3. The van der Waals surface area contributed by atoms with Crippen molar-refractivity contribution in [2.24, 2.45) is 0 Å². The monoisotopic (exact) mass is 427 g/mol. The van der Waals surface area contributed by atoms with Crippen LogP contribution in [0.25, 0.3) is 11.1 Å². The molecule has 0 aliphatic carbocycles. The molecule has 0 N–H and O–H groups in total. The van der Waals surface area contributed by atoms with Crippen molar-refractivity contribution in [1.82, 2.24) is 0 Å². The minimum absolute atomic E-state index is 0.000896. The van der Waals surface area contributed by atoms with E-state index in [4.69, 9.17) is 14.2 Å². The van der Waals surface area contributed by atoms with Gasteiger partial charge in [0.05, 0.1) is 18.1 Å². The van der Waals surface area contributed by atoms with E-state index in [1.165, 1.54) is 0 Å². The zero-order valence-electron chi connectivity index (χ0n) is 17.4. The molecule has 1 aliphatic heterocycles. The first-order chi connectivity index (χ1) is 15.6. The maximum Gasteiger partial charge on any atom is 0.306 e. The maximum absolute atomic E-state index is 12.4. The first-order valence-electron chi connectivity index (χ1n) is 10.3. The third-order valence-electron chi connectivity index (χ3n) is 5.13. The fourth-order valence-electron chi connectivity index (χ4n) is 3.43. The van der Waals surface area contributed by atoms with E-state index in [0.717, 1.165) is 16.7 Å². The van der Waals surface area contributed by atoms with Crippen LogP contribution in [0.15, 0.2) is 66.7 Å². The van der Waals surface area contributed by atoms with Gasteiger partial charge in [-0.3, -0.25) is 9.59 Å². The molecule has 0 amide bonds. The maximum atomic E-state index is 12.4. The number of nitriles is 1. The summed E-state index contributed by atoms with van der Waals surface area (Å²) < 4.78 is 16.2. The van der Waals surface area contributed by atoms with Crippen LogP contribution in [0.2, 0.25) is 0 Å². The van der Waals surface area contributed by atoms with Gasteiger partial charge in [0.1, 0.15) is 19.8 Å². The Morgan fingerprint density at radius 2 is 1.66 bits per heavy atom. The molecule has 32 heavy (non-hydrogen) atoms. The van der Waals surface area contributed by atoms with Gasteiger partial charge in [-0.05, 0) is 41.0 Å². The molecule has 0 bridgehead atoms. The minimum atomic E-state index is -0.435. The average molecular weight is 427 g/mol. The molecule has 3 aromatic carbocycles. The van der Waals surface area contributed by atoms with Gasteiger partial charge in [0.2, 0.25) is 0 Å². The van der Waals surface area contributed by atoms with Gasteiger partial charge >= 0.3 is 5.97 Å². The third-order valence-corrected chi connectivity index (χ3v) is 5.13. The zero-order chi connectivity index (χ0) is 22.3. The summed E-state index contributed by atoms with van der Waals surface area (Å²) >= 11 is 0. The number of Topliss-reactive ketones (excluding diaryl/α,β-unsaturated/α-hetero) is 1. The number of carbonyl (C=O) groups is 2. The molecule has 160 valence electrons. The molecule has 0 spiro atoms. The van der Waals surface area contributed by atoms with Crippen molar-refractivity contribution in [3.8, 4) is 28.7 Å². The van der Waals surface area contributed by atoms with Crippen LogP contribution >= 0.6 is 0 Å². The lowest BCUT2D eigenvalue weighted by Gasteiger charge is -2.18. The predicted octanol–water partition coefficient (Wildman–Crippen LogP) is 4.70. The Bertz CT molecular complexity index is 1180. The van der Waals surface area contributed by atoms with Gasteiger partial charge in [-0.25, -0.2) is 0 Å². The second kappa shape index (κ2) is 9.80. The molecule has 0 atom stereocenters. The summed E-state index contributed by atoms with van der Waals surface area (Å²) in [4.78, 5) is 24.5. The Balaban J connectivity index is 1.28. The number of ether oxygens (including phenoxy) is 3. The largest absolute Gasteiger partial charge is 0.486 e. The van der Waals surface area contributed by atoms with Crippen LogP contribution in [0.5, 0.6) is 11.5 Å². The Morgan fingerprint density at radius 3 is 2.44 bits per heavy atom. The molecule has 1 aliphatic rings. The number of rotatable bonds is 7. The number of esters is 1. The highest BCUT2D eigenvalue weighted by Gasteiger charge is 2.16. The predicted molar refractivity (Wildman–Crippen MR) is 117 cm³/mol. The summed E-state index contributed by atoms with van der Waals surface area (Å²) in [7, 11) is 0. The van der Waals surface area contributed by atoms with Crippen LogP contribution in [-0.2, 0) is 16.1 Å². The lowest BCUT2D eigenvalue weighted by Crippen LogP contribution is -2.16. The van der Waals surface area contributed by atoms with E-state index < -0.39 is 5.97 Å². The van der Waals surface area contributed by atoms with Crippen molar-refractivity contribution < 1.29 is 23.8 Å². The highest BCUT2D eigenvalue weighted by atomic mass is 16.6. The molecule has 1 heterocycles. The van der Waals surface area contributed by atoms with Gasteiger partial charge in [-0.15, -0.1) is 0 Å². The molecule has 0 radical (unpaired) electrons. The molecular weight excluding hydrogens is 406 g/mol.